The minimum Gasteiger partial charge on any atom is -0.508 e. The number of hydrogen-bond acceptors (Lipinski definition) is 4. The van der Waals surface area contributed by atoms with Gasteiger partial charge in [0.2, 0.25) is 0 Å². The van der Waals surface area contributed by atoms with E-state index in [1.165, 1.54) is 0 Å². The van der Waals surface area contributed by atoms with Gasteiger partial charge in [0.1, 0.15) is 17.2 Å². The SMILES string of the molecule is C=C(CCC)N/C(C(=O)NC(=C(C)CC)c1cc(O)ccc1OCC)=C(/C)C(C)CC. The summed E-state index contributed by atoms with van der Waals surface area (Å²) in [5.41, 5.74) is 4.67. The molecule has 5 heteroatoms. The Morgan fingerprint density at radius 2 is 1.84 bits per heavy atom. The minimum atomic E-state index is -0.219. The zero-order valence-electron chi connectivity index (χ0n) is 20.3. The summed E-state index contributed by atoms with van der Waals surface area (Å²) in [5.74, 6) is 0.775. The van der Waals surface area contributed by atoms with Crippen molar-refractivity contribution in [2.45, 2.75) is 74.1 Å². The lowest BCUT2D eigenvalue weighted by Gasteiger charge is -2.22. The number of phenolic OH excluding ortho intramolecular Hbond substituents is 1. The van der Waals surface area contributed by atoms with E-state index in [1.54, 1.807) is 18.2 Å². The molecular weight excluding hydrogens is 388 g/mol. The van der Waals surface area contributed by atoms with Crippen LogP contribution < -0.4 is 15.4 Å². The maximum Gasteiger partial charge on any atom is 0.272 e. The largest absolute Gasteiger partial charge is 0.508 e. The summed E-state index contributed by atoms with van der Waals surface area (Å²) in [6, 6.07) is 4.95. The third-order valence-electron chi connectivity index (χ3n) is 5.55. The number of amides is 1. The fourth-order valence-electron chi connectivity index (χ4n) is 3.18. The second-order valence-corrected chi connectivity index (χ2v) is 7.92. The average molecular weight is 429 g/mol. The third-order valence-corrected chi connectivity index (χ3v) is 5.55. The highest BCUT2D eigenvalue weighted by Gasteiger charge is 2.21. The first-order chi connectivity index (χ1) is 14.7. The van der Waals surface area contributed by atoms with Crippen molar-refractivity contribution >= 4 is 11.6 Å². The van der Waals surface area contributed by atoms with Crippen LogP contribution in [0.5, 0.6) is 11.5 Å². The summed E-state index contributed by atoms with van der Waals surface area (Å²) < 4.78 is 5.77. The molecule has 0 spiro atoms. The first-order valence-corrected chi connectivity index (χ1v) is 11.3. The zero-order chi connectivity index (χ0) is 23.6. The molecule has 1 amide bonds. The number of carbonyl (C=O) groups excluding carboxylic acids is 1. The Bertz CT molecular complexity index is 837. The number of allylic oxidation sites excluding steroid dienone is 3. The van der Waals surface area contributed by atoms with Crippen molar-refractivity contribution in [2.75, 3.05) is 6.61 Å². The van der Waals surface area contributed by atoms with E-state index >= 15 is 0 Å². The lowest BCUT2D eigenvalue weighted by Crippen LogP contribution is -2.33. The summed E-state index contributed by atoms with van der Waals surface area (Å²) in [4.78, 5) is 13.5. The molecule has 0 radical (unpaired) electrons. The normalized spacial score (nSPS) is 13.6. The van der Waals surface area contributed by atoms with Crippen molar-refractivity contribution in [1.82, 2.24) is 10.6 Å². The maximum atomic E-state index is 13.5. The number of benzene rings is 1. The van der Waals surface area contributed by atoms with Gasteiger partial charge in [-0.05, 0) is 75.3 Å². The van der Waals surface area contributed by atoms with Gasteiger partial charge in [0.15, 0.2) is 0 Å². The molecule has 5 nitrogen and oxygen atoms in total. The standard InChI is InChI=1S/C26H40N2O3/c1-9-13-19(7)27-25(20(8)17(5)10-2)26(30)28-24(18(6)11-3)22-16-21(29)14-15-23(22)31-12-4/h14-17,27,29H,7,9-13H2,1-6,8H3,(H,28,30)/b24-18?,25-20-. The predicted octanol–water partition coefficient (Wildman–Crippen LogP) is 6.27. The van der Waals surface area contributed by atoms with E-state index in [1.807, 2.05) is 27.7 Å². The van der Waals surface area contributed by atoms with Gasteiger partial charge in [-0.2, -0.15) is 0 Å². The molecule has 1 unspecified atom stereocenters. The van der Waals surface area contributed by atoms with Gasteiger partial charge in [0, 0.05) is 11.3 Å². The first-order valence-electron chi connectivity index (χ1n) is 11.3. The number of rotatable bonds is 12. The van der Waals surface area contributed by atoms with Gasteiger partial charge >= 0.3 is 0 Å². The molecule has 1 atom stereocenters. The first kappa shape index (κ1) is 26.3. The van der Waals surface area contributed by atoms with E-state index in [9.17, 15) is 9.90 Å². The molecule has 1 rings (SSSR count). The smallest absolute Gasteiger partial charge is 0.272 e. The van der Waals surface area contributed by atoms with Crippen molar-refractivity contribution in [2.24, 2.45) is 5.92 Å². The van der Waals surface area contributed by atoms with Crippen LogP contribution in [0.4, 0.5) is 0 Å². The summed E-state index contributed by atoms with van der Waals surface area (Å²) in [6.07, 6.45) is 3.42. The topological polar surface area (TPSA) is 70.6 Å². The van der Waals surface area contributed by atoms with E-state index in [-0.39, 0.29) is 17.6 Å². The van der Waals surface area contributed by atoms with E-state index in [2.05, 4.69) is 38.0 Å². The molecule has 0 fully saturated rings. The highest BCUT2D eigenvalue weighted by atomic mass is 16.5. The molecule has 0 saturated carbocycles. The third kappa shape index (κ3) is 7.50. The summed E-state index contributed by atoms with van der Waals surface area (Å²) >= 11 is 0. The molecule has 0 aliphatic heterocycles. The van der Waals surface area contributed by atoms with Crippen molar-refractivity contribution in [3.63, 3.8) is 0 Å². The molecule has 1 aromatic rings. The van der Waals surface area contributed by atoms with Crippen LogP contribution in [-0.4, -0.2) is 17.6 Å². The van der Waals surface area contributed by atoms with Crippen LogP contribution in [0, 0.1) is 5.92 Å². The highest BCUT2D eigenvalue weighted by Crippen LogP contribution is 2.31. The number of hydrogen-bond donors (Lipinski definition) is 3. The summed E-state index contributed by atoms with van der Waals surface area (Å²) in [6.45, 7) is 18.8. The quantitative estimate of drug-likeness (QED) is 0.343. The molecule has 0 aliphatic carbocycles. The minimum absolute atomic E-state index is 0.120. The van der Waals surface area contributed by atoms with Crippen LogP contribution >= 0.6 is 0 Å². The Kier molecular flexibility index (Phi) is 10.9. The van der Waals surface area contributed by atoms with Gasteiger partial charge in [-0.15, -0.1) is 0 Å². The maximum absolute atomic E-state index is 13.5. The van der Waals surface area contributed by atoms with Crippen molar-refractivity contribution in [3.05, 3.63) is 52.9 Å². The lowest BCUT2D eigenvalue weighted by atomic mass is 9.97. The average Bonchev–Trinajstić information content (AvgIpc) is 2.75. The Morgan fingerprint density at radius 1 is 1.16 bits per heavy atom. The van der Waals surface area contributed by atoms with Crippen LogP contribution in [0.15, 0.2) is 47.3 Å². The van der Waals surface area contributed by atoms with E-state index in [0.29, 0.717) is 29.3 Å². The van der Waals surface area contributed by atoms with Crippen molar-refractivity contribution < 1.29 is 14.6 Å². The van der Waals surface area contributed by atoms with E-state index < -0.39 is 0 Å². The Balaban J connectivity index is 3.47. The summed E-state index contributed by atoms with van der Waals surface area (Å²) in [7, 11) is 0. The van der Waals surface area contributed by atoms with E-state index in [4.69, 9.17) is 4.74 Å². The number of ether oxygens (including phenoxy) is 1. The van der Waals surface area contributed by atoms with E-state index in [0.717, 1.165) is 42.5 Å². The number of carbonyl (C=O) groups is 1. The fraction of sp³-hybridized carbons (Fsp3) is 0.500. The van der Waals surface area contributed by atoms with Gasteiger partial charge < -0.3 is 20.5 Å². The fourth-order valence-corrected chi connectivity index (χ4v) is 3.18. The van der Waals surface area contributed by atoms with Crippen molar-refractivity contribution in [1.29, 1.82) is 0 Å². The highest BCUT2D eigenvalue weighted by molar-refractivity contribution is 6.00. The molecule has 31 heavy (non-hydrogen) atoms. The summed E-state index contributed by atoms with van der Waals surface area (Å²) in [5, 5.41) is 16.5. The van der Waals surface area contributed by atoms with Gasteiger partial charge in [-0.25, -0.2) is 0 Å². The Morgan fingerprint density at radius 3 is 2.39 bits per heavy atom. The Hall–Kier alpha value is -2.69. The molecular formula is C26H40N2O3. The molecule has 172 valence electrons. The molecule has 3 N–H and O–H groups in total. The number of aromatic hydroxyl groups is 1. The molecule has 0 saturated heterocycles. The monoisotopic (exact) mass is 428 g/mol. The second-order valence-electron chi connectivity index (χ2n) is 7.92. The van der Waals surface area contributed by atoms with Crippen LogP contribution in [0.1, 0.15) is 79.7 Å². The lowest BCUT2D eigenvalue weighted by molar-refractivity contribution is -0.116. The Labute approximate surface area is 188 Å². The van der Waals surface area contributed by atoms with Crippen LogP contribution in [0.3, 0.4) is 0 Å². The van der Waals surface area contributed by atoms with Crippen molar-refractivity contribution in [3.8, 4) is 11.5 Å². The van der Waals surface area contributed by atoms with Crippen LogP contribution in [0.2, 0.25) is 0 Å². The van der Waals surface area contributed by atoms with Gasteiger partial charge in [-0.1, -0.05) is 40.7 Å². The molecule has 0 aliphatic rings. The predicted molar refractivity (Wildman–Crippen MR) is 130 cm³/mol. The van der Waals surface area contributed by atoms with Gasteiger partial charge in [-0.3, -0.25) is 4.79 Å². The molecule has 0 bridgehead atoms. The van der Waals surface area contributed by atoms with Gasteiger partial charge in [0.25, 0.3) is 5.91 Å². The van der Waals surface area contributed by atoms with Crippen LogP contribution in [-0.2, 0) is 4.79 Å². The van der Waals surface area contributed by atoms with Gasteiger partial charge in [0.05, 0.1) is 12.3 Å². The molecule has 0 heterocycles. The second kappa shape index (κ2) is 12.9. The molecule has 0 aromatic heterocycles. The zero-order valence-corrected chi connectivity index (χ0v) is 20.3. The van der Waals surface area contributed by atoms with Crippen LogP contribution in [0.25, 0.3) is 5.70 Å². The molecule has 1 aromatic carbocycles. The number of nitrogens with one attached hydrogen (secondary N) is 2. The number of phenols is 1.